The van der Waals surface area contributed by atoms with Crippen LogP contribution < -0.4 is 0 Å². The van der Waals surface area contributed by atoms with Gasteiger partial charge in [-0.05, 0) is 51.4 Å². The Kier molecular flexibility index (Phi) is 7.02. The number of fused-ring (bicyclic) bond motifs is 1. The van der Waals surface area contributed by atoms with Crippen molar-refractivity contribution in [2.75, 3.05) is 19.7 Å². The van der Waals surface area contributed by atoms with Gasteiger partial charge < -0.3 is 24.7 Å². The Hall–Kier alpha value is -1.93. The molecule has 0 aromatic rings. The number of carbonyl (C=O) groups excluding carboxylic acids is 2. The van der Waals surface area contributed by atoms with E-state index in [0.29, 0.717) is 32.2 Å². The molecular weight excluding hydrogens is 424 g/mol. The van der Waals surface area contributed by atoms with Gasteiger partial charge in [0.05, 0.1) is 17.9 Å². The van der Waals surface area contributed by atoms with Gasteiger partial charge in [-0.25, -0.2) is 0 Å². The van der Waals surface area contributed by atoms with E-state index < -0.39 is 41.1 Å². The minimum absolute atomic E-state index is 0.00720. The summed E-state index contributed by atoms with van der Waals surface area (Å²) in [5.74, 6) is -3.35. The quantitative estimate of drug-likeness (QED) is 0.380. The molecule has 3 saturated heterocycles. The van der Waals surface area contributed by atoms with Crippen LogP contribution in [0.4, 0.5) is 0 Å². The highest BCUT2D eigenvalue weighted by Crippen LogP contribution is 2.58. The number of nitrogens with zero attached hydrogens (tertiary/aromatic N) is 2. The van der Waals surface area contributed by atoms with Crippen molar-refractivity contribution in [3.8, 4) is 0 Å². The Balaban J connectivity index is 2.03. The second-order valence-electron chi connectivity index (χ2n) is 11.6. The van der Waals surface area contributed by atoms with Gasteiger partial charge >= 0.3 is 5.97 Å². The molecule has 2 unspecified atom stereocenters. The van der Waals surface area contributed by atoms with Crippen LogP contribution in [-0.2, 0) is 19.1 Å². The van der Waals surface area contributed by atoms with E-state index in [-0.39, 0.29) is 30.4 Å². The van der Waals surface area contributed by atoms with Gasteiger partial charge in [0.1, 0.15) is 11.6 Å². The molecule has 1 spiro atoms. The molecule has 3 rings (SSSR count). The molecule has 0 aromatic carbocycles. The highest BCUT2D eigenvalue weighted by Gasteiger charge is 2.75. The average molecular weight is 465 g/mol. The zero-order chi connectivity index (χ0) is 24.8. The van der Waals surface area contributed by atoms with E-state index in [0.717, 1.165) is 6.42 Å². The number of rotatable bonds is 10. The number of carboxylic acids is 1. The second-order valence-corrected chi connectivity index (χ2v) is 11.6. The molecule has 0 radical (unpaired) electrons. The van der Waals surface area contributed by atoms with Crippen LogP contribution in [0.3, 0.4) is 0 Å². The lowest BCUT2D eigenvalue weighted by Crippen LogP contribution is -2.61. The number of aliphatic hydroxyl groups is 1. The van der Waals surface area contributed by atoms with Crippen LogP contribution in [0.5, 0.6) is 0 Å². The topological polar surface area (TPSA) is 107 Å². The van der Waals surface area contributed by atoms with Crippen LogP contribution >= 0.6 is 0 Å². The zero-order valence-corrected chi connectivity index (χ0v) is 20.7. The molecule has 0 aliphatic carbocycles. The molecule has 8 heteroatoms. The predicted octanol–water partition coefficient (Wildman–Crippen LogP) is 2.45. The number of hydrogen-bond acceptors (Lipinski definition) is 5. The van der Waals surface area contributed by atoms with Crippen LogP contribution in [0.25, 0.3) is 0 Å². The first-order valence-corrected chi connectivity index (χ1v) is 12.0. The van der Waals surface area contributed by atoms with E-state index in [1.807, 2.05) is 13.8 Å². The first-order chi connectivity index (χ1) is 15.3. The van der Waals surface area contributed by atoms with Gasteiger partial charge in [-0.1, -0.05) is 26.8 Å². The molecule has 8 nitrogen and oxygen atoms in total. The smallest absolute Gasteiger partial charge is 0.310 e. The maximum atomic E-state index is 14.3. The van der Waals surface area contributed by atoms with Crippen LogP contribution in [0.2, 0.25) is 0 Å². The Morgan fingerprint density at radius 3 is 2.48 bits per heavy atom. The molecular formula is C25H40N2O6. The number of likely N-dealkylation sites (tertiary alicyclic amines) is 1. The fraction of sp³-hybridized carbons (Fsp3) is 0.800. The van der Waals surface area contributed by atoms with Crippen LogP contribution in [0.1, 0.15) is 66.7 Å². The number of hydrogen-bond donors (Lipinski definition) is 2. The van der Waals surface area contributed by atoms with Gasteiger partial charge in [-0.3, -0.25) is 14.4 Å². The average Bonchev–Trinajstić information content (AvgIpc) is 3.31. The van der Waals surface area contributed by atoms with E-state index in [1.165, 1.54) is 0 Å². The maximum absolute atomic E-state index is 14.3. The lowest BCUT2D eigenvalue weighted by Gasteiger charge is -2.45. The van der Waals surface area contributed by atoms with Crippen LogP contribution in [-0.4, -0.2) is 80.8 Å². The lowest BCUT2D eigenvalue weighted by atomic mass is 9.70. The number of carboxylic acid groups (broad SMARTS) is 1. The molecule has 2 amide bonds. The number of amides is 2. The number of aliphatic hydroxyl groups excluding tert-OH is 1. The number of unbranched alkanes of at least 4 members (excludes halogenated alkanes) is 1. The van der Waals surface area contributed by atoms with E-state index in [9.17, 15) is 24.6 Å². The Morgan fingerprint density at radius 2 is 1.94 bits per heavy atom. The van der Waals surface area contributed by atoms with Gasteiger partial charge in [0.2, 0.25) is 11.8 Å². The zero-order valence-electron chi connectivity index (χ0n) is 20.7. The summed E-state index contributed by atoms with van der Waals surface area (Å²) < 4.78 is 6.27. The standard InChI is InChI=1S/C25H40N2O6/c1-7-12-27(24(5,6)15-23(2,3)4)21(30)19-25-11-10-16(33-25)17(22(31)32)18(25)20(29)26(19)13-8-9-14-28/h7,16-19,28H,1,8-15H2,2-6H3,(H,31,32)/t16-,17+,18-,19?,25?/m0/s1. The molecule has 2 bridgehead atoms. The summed E-state index contributed by atoms with van der Waals surface area (Å²) in [4.78, 5) is 43.3. The highest BCUT2D eigenvalue weighted by molar-refractivity contribution is 5.98. The Bertz CT molecular complexity index is 803. The molecule has 2 N–H and O–H groups in total. The summed E-state index contributed by atoms with van der Waals surface area (Å²) >= 11 is 0. The summed E-state index contributed by atoms with van der Waals surface area (Å²) in [7, 11) is 0. The van der Waals surface area contributed by atoms with Crippen molar-refractivity contribution >= 4 is 17.8 Å². The van der Waals surface area contributed by atoms with Crippen molar-refractivity contribution in [3.05, 3.63) is 12.7 Å². The van der Waals surface area contributed by atoms with Crippen molar-refractivity contribution in [2.24, 2.45) is 17.3 Å². The number of ether oxygens (including phenoxy) is 1. The predicted molar refractivity (Wildman–Crippen MR) is 123 cm³/mol. The molecule has 0 aromatic heterocycles. The molecule has 33 heavy (non-hydrogen) atoms. The summed E-state index contributed by atoms with van der Waals surface area (Å²) in [5, 5.41) is 19.1. The van der Waals surface area contributed by atoms with Gasteiger partial charge in [-0.2, -0.15) is 0 Å². The first-order valence-electron chi connectivity index (χ1n) is 12.0. The van der Waals surface area contributed by atoms with E-state index in [4.69, 9.17) is 4.74 Å². The first kappa shape index (κ1) is 25.7. The third-order valence-corrected chi connectivity index (χ3v) is 7.40. The van der Waals surface area contributed by atoms with Crippen LogP contribution in [0, 0.1) is 17.3 Å². The Labute approximate surface area is 196 Å². The van der Waals surface area contributed by atoms with E-state index >= 15 is 0 Å². The van der Waals surface area contributed by atoms with E-state index in [2.05, 4.69) is 27.4 Å². The third kappa shape index (κ3) is 4.44. The Morgan fingerprint density at radius 1 is 1.27 bits per heavy atom. The minimum atomic E-state index is -1.11. The highest BCUT2D eigenvalue weighted by atomic mass is 16.5. The number of carbonyl (C=O) groups is 3. The monoisotopic (exact) mass is 464 g/mol. The normalized spacial score (nSPS) is 31.1. The molecule has 3 heterocycles. The van der Waals surface area contributed by atoms with Crippen molar-refractivity contribution in [1.82, 2.24) is 9.80 Å². The molecule has 3 aliphatic rings. The SMILES string of the molecule is C=CCN(C(=O)C1N(CCCCO)C(=O)[C@@H]2[C@H](C(=O)O)[C@@H]3CCC12O3)C(C)(C)CC(C)(C)C. The molecule has 3 aliphatic heterocycles. The second kappa shape index (κ2) is 9.02. The van der Waals surface area contributed by atoms with Crippen LogP contribution in [0.15, 0.2) is 12.7 Å². The fourth-order valence-electron chi connectivity index (χ4n) is 6.65. The molecule has 0 saturated carbocycles. The van der Waals surface area contributed by atoms with E-state index in [1.54, 1.807) is 15.9 Å². The molecule has 186 valence electrons. The fourth-order valence-corrected chi connectivity index (χ4v) is 6.65. The lowest BCUT2D eigenvalue weighted by molar-refractivity contribution is -0.153. The minimum Gasteiger partial charge on any atom is -0.481 e. The van der Waals surface area contributed by atoms with Crippen molar-refractivity contribution < 1.29 is 29.3 Å². The summed E-state index contributed by atoms with van der Waals surface area (Å²) in [6.07, 6.45) is 3.94. The van der Waals surface area contributed by atoms with Crippen molar-refractivity contribution in [3.63, 3.8) is 0 Å². The molecule has 3 fully saturated rings. The third-order valence-electron chi connectivity index (χ3n) is 7.40. The number of aliphatic carboxylic acids is 1. The van der Waals surface area contributed by atoms with Gasteiger partial charge in [-0.15, -0.1) is 6.58 Å². The summed E-state index contributed by atoms with van der Waals surface area (Å²) in [6, 6.07) is -0.873. The molecule has 5 atom stereocenters. The van der Waals surface area contributed by atoms with Gasteiger partial charge in [0, 0.05) is 25.2 Å². The maximum Gasteiger partial charge on any atom is 0.310 e. The van der Waals surface area contributed by atoms with Gasteiger partial charge in [0.15, 0.2) is 0 Å². The van der Waals surface area contributed by atoms with Gasteiger partial charge in [0.25, 0.3) is 0 Å². The summed E-state index contributed by atoms with van der Waals surface area (Å²) in [6.45, 7) is 14.9. The summed E-state index contributed by atoms with van der Waals surface area (Å²) in [5.41, 5.74) is -1.66. The van der Waals surface area contributed by atoms with Crippen molar-refractivity contribution in [2.45, 2.75) is 90.0 Å². The largest absolute Gasteiger partial charge is 0.481 e. The van der Waals surface area contributed by atoms with Crippen molar-refractivity contribution in [1.29, 1.82) is 0 Å².